The highest BCUT2D eigenvalue weighted by molar-refractivity contribution is 6.19. The van der Waals surface area contributed by atoms with E-state index in [-0.39, 0.29) is 11.8 Å². The van der Waals surface area contributed by atoms with Gasteiger partial charge in [-0.05, 0) is 26.2 Å². The van der Waals surface area contributed by atoms with Crippen molar-refractivity contribution >= 4 is 23.4 Å². The van der Waals surface area contributed by atoms with Gasteiger partial charge in [0.1, 0.15) is 0 Å². The van der Waals surface area contributed by atoms with Crippen LogP contribution in [0.15, 0.2) is 0 Å². The van der Waals surface area contributed by atoms with E-state index in [0.717, 1.165) is 12.3 Å². The Balaban J connectivity index is 1.73. The largest absolute Gasteiger partial charge is 0.339 e. The Hall–Kier alpha value is -0.770. The molecule has 23 heavy (non-hydrogen) atoms. The third-order valence-corrected chi connectivity index (χ3v) is 5.99. The van der Waals surface area contributed by atoms with Crippen LogP contribution in [0.1, 0.15) is 58.8 Å². The molecule has 0 spiro atoms. The number of halogens is 1. The smallest absolute Gasteiger partial charge is 0.229 e. The van der Waals surface area contributed by atoms with Crippen LogP contribution in [0.4, 0.5) is 0 Å². The molecule has 0 aromatic heterocycles. The molecule has 4 nitrogen and oxygen atoms in total. The Labute approximate surface area is 145 Å². The van der Waals surface area contributed by atoms with Crippen LogP contribution in [0.2, 0.25) is 0 Å². The van der Waals surface area contributed by atoms with Crippen LogP contribution in [-0.2, 0) is 9.59 Å². The van der Waals surface area contributed by atoms with Crippen LogP contribution < -0.4 is 0 Å². The fraction of sp³-hybridized carbons (Fsp3) is 0.889. The van der Waals surface area contributed by atoms with Crippen molar-refractivity contribution in [1.82, 2.24) is 9.80 Å². The molecule has 2 aliphatic rings. The standard InChI is InChI=1S/C18H31ClN2O2/c1-18(2,14-19)17(23)21-12-10-20(11-13-21)16(22)9-8-15-6-4-3-5-7-15/h15H,3-14H2,1-2H3. The summed E-state index contributed by atoms with van der Waals surface area (Å²) < 4.78 is 0. The normalized spacial score (nSPS) is 20.7. The van der Waals surface area contributed by atoms with Gasteiger partial charge in [0.2, 0.25) is 11.8 Å². The van der Waals surface area contributed by atoms with Crippen LogP contribution in [-0.4, -0.2) is 53.7 Å². The lowest BCUT2D eigenvalue weighted by molar-refractivity contribution is -0.144. The lowest BCUT2D eigenvalue weighted by atomic mass is 9.86. The molecule has 1 saturated carbocycles. The van der Waals surface area contributed by atoms with E-state index in [4.69, 9.17) is 11.6 Å². The van der Waals surface area contributed by atoms with E-state index >= 15 is 0 Å². The monoisotopic (exact) mass is 342 g/mol. The maximum absolute atomic E-state index is 12.4. The van der Waals surface area contributed by atoms with Crippen molar-refractivity contribution in [3.63, 3.8) is 0 Å². The minimum absolute atomic E-state index is 0.0989. The summed E-state index contributed by atoms with van der Waals surface area (Å²) in [7, 11) is 0. The number of carbonyl (C=O) groups is 2. The van der Waals surface area contributed by atoms with Crippen molar-refractivity contribution < 1.29 is 9.59 Å². The molecular weight excluding hydrogens is 312 g/mol. The highest BCUT2D eigenvalue weighted by Crippen LogP contribution is 2.27. The lowest BCUT2D eigenvalue weighted by Gasteiger charge is -2.38. The number of amides is 2. The maximum atomic E-state index is 12.4. The molecule has 1 heterocycles. The van der Waals surface area contributed by atoms with E-state index in [1.54, 1.807) is 0 Å². The molecule has 1 saturated heterocycles. The van der Waals surface area contributed by atoms with Crippen molar-refractivity contribution in [3.8, 4) is 0 Å². The van der Waals surface area contributed by atoms with Gasteiger partial charge in [0.05, 0.1) is 5.41 Å². The average Bonchev–Trinajstić information content (AvgIpc) is 2.60. The molecule has 0 atom stereocenters. The second-order valence-electron chi connectivity index (χ2n) is 7.73. The van der Waals surface area contributed by atoms with Crippen molar-refractivity contribution in [2.75, 3.05) is 32.1 Å². The van der Waals surface area contributed by atoms with Crippen molar-refractivity contribution in [2.45, 2.75) is 58.8 Å². The molecule has 0 aromatic rings. The van der Waals surface area contributed by atoms with Gasteiger partial charge >= 0.3 is 0 Å². The SMILES string of the molecule is CC(C)(CCl)C(=O)N1CCN(C(=O)CCC2CCCCC2)CC1. The topological polar surface area (TPSA) is 40.6 Å². The van der Waals surface area contributed by atoms with Crippen molar-refractivity contribution in [3.05, 3.63) is 0 Å². The number of alkyl halides is 1. The summed E-state index contributed by atoms with van der Waals surface area (Å²) in [6, 6.07) is 0. The number of rotatable bonds is 5. The van der Waals surface area contributed by atoms with Gasteiger partial charge in [0.15, 0.2) is 0 Å². The summed E-state index contributed by atoms with van der Waals surface area (Å²) in [6.45, 7) is 6.35. The number of piperazine rings is 1. The first-order chi connectivity index (χ1) is 10.9. The fourth-order valence-electron chi connectivity index (χ4n) is 3.61. The molecule has 1 aliphatic heterocycles. The lowest BCUT2D eigenvalue weighted by Crippen LogP contribution is -2.53. The molecule has 2 amide bonds. The molecule has 0 unspecified atom stereocenters. The predicted octanol–water partition coefficient (Wildman–Crippen LogP) is 3.28. The minimum atomic E-state index is -0.519. The van der Waals surface area contributed by atoms with E-state index < -0.39 is 5.41 Å². The Morgan fingerprint density at radius 3 is 2.13 bits per heavy atom. The Kier molecular flexibility index (Phi) is 6.75. The van der Waals surface area contributed by atoms with E-state index in [9.17, 15) is 9.59 Å². The highest BCUT2D eigenvalue weighted by atomic mass is 35.5. The molecule has 2 rings (SSSR count). The average molecular weight is 343 g/mol. The minimum Gasteiger partial charge on any atom is -0.339 e. The van der Waals surface area contributed by atoms with Crippen LogP contribution in [0, 0.1) is 11.3 Å². The van der Waals surface area contributed by atoms with Gasteiger partial charge in [0, 0.05) is 38.5 Å². The van der Waals surface area contributed by atoms with Gasteiger partial charge in [-0.3, -0.25) is 9.59 Å². The van der Waals surface area contributed by atoms with E-state index in [2.05, 4.69) is 0 Å². The molecule has 0 N–H and O–H groups in total. The zero-order chi connectivity index (χ0) is 16.9. The first-order valence-corrected chi connectivity index (χ1v) is 9.60. The molecule has 0 radical (unpaired) electrons. The second kappa shape index (κ2) is 8.36. The maximum Gasteiger partial charge on any atom is 0.229 e. The molecule has 0 aromatic carbocycles. The van der Waals surface area contributed by atoms with Gasteiger partial charge in [-0.15, -0.1) is 11.6 Å². The first-order valence-electron chi connectivity index (χ1n) is 9.07. The fourth-order valence-corrected chi connectivity index (χ4v) is 3.72. The number of hydrogen-bond donors (Lipinski definition) is 0. The van der Waals surface area contributed by atoms with Gasteiger partial charge in [-0.1, -0.05) is 32.1 Å². The second-order valence-corrected chi connectivity index (χ2v) is 8.00. The summed E-state index contributed by atoms with van der Waals surface area (Å²) in [5.74, 6) is 1.44. The summed E-state index contributed by atoms with van der Waals surface area (Å²) in [5.41, 5.74) is -0.519. The Morgan fingerprint density at radius 2 is 1.57 bits per heavy atom. The van der Waals surface area contributed by atoms with Crippen molar-refractivity contribution in [1.29, 1.82) is 0 Å². The summed E-state index contributed by atoms with van der Waals surface area (Å²) in [4.78, 5) is 28.6. The zero-order valence-electron chi connectivity index (χ0n) is 14.7. The first kappa shape index (κ1) is 18.6. The van der Waals surface area contributed by atoms with E-state index in [1.165, 1.54) is 32.1 Å². The molecule has 2 fully saturated rings. The summed E-state index contributed by atoms with van der Waals surface area (Å²) >= 11 is 5.89. The third-order valence-electron chi connectivity index (χ3n) is 5.32. The summed E-state index contributed by atoms with van der Waals surface area (Å²) in [5, 5.41) is 0. The molecular formula is C18H31ClN2O2. The number of carbonyl (C=O) groups excluding carboxylic acids is 2. The van der Waals surface area contributed by atoms with Gasteiger partial charge in [0.25, 0.3) is 0 Å². The van der Waals surface area contributed by atoms with Crippen LogP contribution in [0.3, 0.4) is 0 Å². The van der Waals surface area contributed by atoms with E-state index in [0.29, 0.717) is 38.5 Å². The molecule has 5 heteroatoms. The summed E-state index contributed by atoms with van der Waals surface area (Å²) in [6.07, 6.45) is 8.32. The van der Waals surface area contributed by atoms with Crippen LogP contribution in [0.25, 0.3) is 0 Å². The Morgan fingerprint density at radius 1 is 1.00 bits per heavy atom. The number of nitrogens with zero attached hydrogens (tertiary/aromatic N) is 2. The van der Waals surface area contributed by atoms with Crippen LogP contribution in [0.5, 0.6) is 0 Å². The third kappa shape index (κ3) is 5.10. The predicted molar refractivity (Wildman–Crippen MR) is 93.5 cm³/mol. The van der Waals surface area contributed by atoms with Gasteiger partial charge in [-0.25, -0.2) is 0 Å². The zero-order valence-corrected chi connectivity index (χ0v) is 15.4. The molecule has 1 aliphatic carbocycles. The molecule has 0 bridgehead atoms. The Bertz CT molecular complexity index is 411. The van der Waals surface area contributed by atoms with Crippen molar-refractivity contribution in [2.24, 2.45) is 11.3 Å². The van der Waals surface area contributed by atoms with Crippen LogP contribution >= 0.6 is 11.6 Å². The molecule has 132 valence electrons. The van der Waals surface area contributed by atoms with E-state index in [1.807, 2.05) is 23.6 Å². The quantitative estimate of drug-likeness (QED) is 0.719. The number of hydrogen-bond acceptors (Lipinski definition) is 2. The highest BCUT2D eigenvalue weighted by Gasteiger charge is 2.33. The van der Waals surface area contributed by atoms with Gasteiger partial charge in [-0.2, -0.15) is 0 Å². The van der Waals surface area contributed by atoms with Gasteiger partial charge < -0.3 is 9.80 Å².